The van der Waals surface area contributed by atoms with E-state index in [-0.39, 0.29) is 0 Å². The summed E-state index contributed by atoms with van der Waals surface area (Å²) in [6.07, 6.45) is 8.19. The zero-order valence-corrected chi connectivity index (χ0v) is 9.41. The van der Waals surface area contributed by atoms with Crippen LogP contribution < -0.4 is 0 Å². The minimum Gasteiger partial charge on any atom is -0.266 e. The van der Waals surface area contributed by atoms with Crippen molar-refractivity contribution in [3.05, 3.63) is 23.9 Å². The van der Waals surface area contributed by atoms with Gasteiger partial charge in [-0.25, -0.2) is 0 Å². The highest BCUT2D eigenvalue weighted by Gasteiger charge is 1.97. The molecule has 0 fully saturated rings. The number of hydrogen-bond donors (Lipinski definition) is 0. The lowest BCUT2D eigenvalue weighted by molar-refractivity contribution is 0.758. The first kappa shape index (κ1) is 12.2. The largest absolute Gasteiger partial charge is 0.266 e. The summed E-state index contributed by atoms with van der Waals surface area (Å²) >= 11 is 0. The van der Waals surface area contributed by atoms with Crippen molar-refractivity contribution in [3.8, 4) is 0 Å². The summed E-state index contributed by atoms with van der Waals surface area (Å²) in [7, 11) is 0. The van der Waals surface area contributed by atoms with Crippen LogP contribution in [0.1, 0.15) is 34.6 Å². The van der Waals surface area contributed by atoms with Gasteiger partial charge in [0.1, 0.15) is 0 Å². The predicted molar refractivity (Wildman–Crippen MR) is 61.1 cm³/mol. The molecular formula is C12H21N. The molecule has 0 aromatic heterocycles. The summed E-state index contributed by atoms with van der Waals surface area (Å²) in [5.74, 6) is 1.10. The van der Waals surface area contributed by atoms with Gasteiger partial charge >= 0.3 is 0 Å². The Morgan fingerprint density at radius 3 is 2.15 bits per heavy atom. The van der Waals surface area contributed by atoms with Crippen LogP contribution in [0.5, 0.6) is 0 Å². The third-order valence-corrected chi connectivity index (χ3v) is 1.63. The van der Waals surface area contributed by atoms with Gasteiger partial charge in [0.2, 0.25) is 0 Å². The summed E-state index contributed by atoms with van der Waals surface area (Å²) in [4.78, 5) is 4.31. The number of rotatable bonds is 4. The molecule has 0 atom stereocenters. The third kappa shape index (κ3) is 6.32. The number of aliphatic imine (C=N–C) groups is 1. The average molecular weight is 179 g/mol. The van der Waals surface area contributed by atoms with Crippen LogP contribution in [0.25, 0.3) is 0 Å². The maximum atomic E-state index is 4.31. The summed E-state index contributed by atoms with van der Waals surface area (Å²) in [6.45, 7) is 10.6. The van der Waals surface area contributed by atoms with E-state index < -0.39 is 0 Å². The summed E-state index contributed by atoms with van der Waals surface area (Å²) < 4.78 is 0. The molecular weight excluding hydrogens is 158 g/mol. The molecule has 0 radical (unpaired) electrons. The van der Waals surface area contributed by atoms with Crippen molar-refractivity contribution in [2.75, 3.05) is 0 Å². The molecule has 0 aliphatic heterocycles. The van der Waals surface area contributed by atoms with Crippen molar-refractivity contribution in [1.82, 2.24) is 0 Å². The van der Waals surface area contributed by atoms with Crippen molar-refractivity contribution in [3.63, 3.8) is 0 Å². The Bertz CT molecular complexity index is 207. The fraction of sp³-hybridized carbons (Fsp3) is 0.583. The quantitative estimate of drug-likeness (QED) is 0.459. The van der Waals surface area contributed by atoms with Crippen LogP contribution in [0.3, 0.4) is 0 Å². The Hall–Kier alpha value is -0.850. The maximum absolute atomic E-state index is 4.31. The van der Waals surface area contributed by atoms with Gasteiger partial charge in [0.15, 0.2) is 0 Å². The highest BCUT2D eigenvalue weighted by atomic mass is 14.7. The number of hydrogen-bond acceptors (Lipinski definition) is 1. The van der Waals surface area contributed by atoms with E-state index in [4.69, 9.17) is 0 Å². The van der Waals surface area contributed by atoms with Gasteiger partial charge in [-0.2, -0.15) is 0 Å². The van der Waals surface area contributed by atoms with Gasteiger partial charge in [0.05, 0.1) is 0 Å². The van der Waals surface area contributed by atoms with Gasteiger partial charge < -0.3 is 0 Å². The van der Waals surface area contributed by atoms with Crippen LogP contribution in [0.15, 0.2) is 28.9 Å². The molecule has 0 unspecified atom stereocenters. The zero-order valence-electron chi connectivity index (χ0n) is 9.41. The highest BCUT2D eigenvalue weighted by Crippen LogP contribution is 2.10. The molecule has 0 aromatic rings. The lowest BCUT2D eigenvalue weighted by Gasteiger charge is -2.03. The Kier molecular flexibility index (Phi) is 6.21. The second kappa shape index (κ2) is 6.64. The van der Waals surface area contributed by atoms with Crippen molar-refractivity contribution >= 4 is 6.21 Å². The normalized spacial score (nSPS) is 14.2. The van der Waals surface area contributed by atoms with E-state index in [1.807, 2.05) is 13.1 Å². The molecule has 0 aromatic carbocycles. The van der Waals surface area contributed by atoms with Crippen molar-refractivity contribution < 1.29 is 0 Å². The minimum atomic E-state index is 0.494. The third-order valence-electron chi connectivity index (χ3n) is 1.63. The molecule has 0 spiro atoms. The van der Waals surface area contributed by atoms with Crippen LogP contribution in [-0.4, -0.2) is 6.21 Å². The van der Waals surface area contributed by atoms with Gasteiger partial charge in [-0.1, -0.05) is 39.8 Å². The molecule has 74 valence electrons. The minimum absolute atomic E-state index is 0.494. The SMILES string of the molecule is CC=N/C(=C\C=C/C(C)C)C(C)C. The van der Waals surface area contributed by atoms with Crippen LogP contribution in [-0.2, 0) is 0 Å². The summed E-state index contributed by atoms with van der Waals surface area (Å²) in [5, 5.41) is 0. The average Bonchev–Trinajstić information content (AvgIpc) is 2.02. The van der Waals surface area contributed by atoms with Gasteiger partial charge in [-0.15, -0.1) is 0 Å². The zero-order chi connectivity index (χ0) is 10.3. The second-order valence-electron chi connectivity index (χ2n) is 3.76. The van der Waals surface area contributed by atoms with Gasteiger partial charge in [-0.3, -0.25) is 4.99 Å². The van der Waals surface area contributed by atoms with E-state index in [0.717, 1.165) is 5.70 Å². The molecule has 0 saturated carbocycles. The first-order valence-electron chi connectivity index (χ1n) is 4.95. The van der Waals surface area contributed by atoms with Crippen LogP contribution in [0, 0.1) is 11.8 Å². The smallest absolute Gasteiger partial charge is 0.0424 e. The Morgan fingerprint density at radius 2 is 1.77 bits per heavy atom. The fourth-order valence-electron chi connectivity index (χ4n) is 0.910. The Labute approximate surface area is 82.3 Å². The standard InChI is InChI=1S/C12H21N/c1-6-13-12(11(4)5)9-7-8-10(2)3/h6-11H,1-5H3/b8-7-,12-9-,13-6?. The molecule has 1 heteroatoms. The first-order valence-corrected chi connectivity index (χ1v) is 4.95. The lowest BCUT2D eigenvalue weighted by atomic mass is 10.1. The van der Waals surface area contributed by atoms with Crippen molar-refractivity contribution in [2.45, 2.75) is 34.6 Å². The molecule has 0 saturated heterocycles. The number of nitrogens with zero attached hydrogens (tertiary/aromatic N) is 1. The fourth-order valence-corrected chi connectivity index (χ4v) is 0.910. The van der Waals surface area contributed by atoms with E-state index in [9.17, 15) is 0 Å². The summed E-state index contributed by atoms with van der Waals surface area (Å²) in [5.41, 5.74) is 1.14. The van der Waals surface area contributed by atoms with E-state index in [1.165, 1.54) is 0 Å². The molecule has 13 heavy (non-hydrogen) atoms. The van der Waals surface area contributed by atoms with E-state index in [0.29, 0.717) is 11.8 Å². The lowest BCUT2D eigenvalue weighted by Crippen LogP contribution is -1.90. The second-order valence-corrected chi connectivity index (χ2v) is 3.76. The Balaban J connectivity index is 4.36. The van der Waals surface area contributed by atoms with E-state index in [1.54, 1.807) is 0 Å². The topological polar surface area (TPSA) is 12.4 Å². The highest BCUT2D eigenvalue weighted by molar-refractivity contribution is 5.55. The van der Waals surface area contributed by atoms with Gasteiger partial charge in [0, 0.05) is 11.9 Å². The molecule has 0 bridgehead atoms. The molecule has 0 rings (SSSR count). The Morgan fingerprint density at radius 1 is 1.15 bits per heavy atom. The van der Waals surface area contributed by atoms with Crippen LogP contribution in [0.4, 0.5) is 0 Å². The van der Waals surface area contributed by atoms with Gasteiger partial charge in [-0.05, 0) is 24.8 Å². The molecule has 0 heterocycles. The van der Waals surface area contributed by atoms with Crippen molar-refractivity contribution in [1.29, 1.82) is 0 Å². The predicted octanol–water partition coefficient (Wildman–Crippen LogP) is 3.83. The first-order chi connectivity index (χ1) is 6.07. The van der Waals surface area contributed by atoms with E-state index >= 15 is 0 Å². The maximum Gasteiger partial charge on any atom is 0.0424 e. The van der Waals surface area contributed by atoms with E-state index in [2.05, 4.69) is 50.9 Å². The molecule has 0 amide bonds. The molecule has 0 N–H and O–H groups in total. The van der Waals surface area contributed by atoms with Gasteiger partial charge in [0.25, 0.3) is 0 Å². The van der Waals surface area contributed by atoms with Crippen LogP contribution >= 0.6 is 0 Å². The molecule has 0 aliphatic rings. The summed E-state index contributed by atoms with van der Waals surface area (Å²) in [6, 6.07) is 0. The molecule has 1 nitrogen and oxygen atoms in total. The van der Waals surface area contributed by atoms with Crippen LogP contribution in [0.2, 0.25) is 0 Å². The monoisotopic (exact) mass is 179 g/mol. The van der Waals surface area contributed by atoms with Crippen molar-refractivity contribution in [2.24, 2.45) is 16.8 Å². The number of allylic oxidation sites excluding steroid dienone is 4. The molecule has 0 aliphatic carbocycles.